The molecule has 0 radical (unpaired) electrons. The van der Waals surface area contributed by atoms with Crippen molar-refractivity contribution in [1.29, 1.82) is 0 Å². The first-order valence-corrected chi connectivity index (χ1v) is 4.75. The van der Waals surface area contributed by atoms with Gasteiger partial charge in [-0.2, -0.15) is 5.26 Å². The average Bonchev–Trinajstić information content (AvgIpc) is 2.16. The van der Waals surface area contributed by atoms with Gasteiger partial charge in [-0.05, 0) is 6.42 Å². The molecule has 1 atom stereocenters. The summed E-state index contributed by atoms with van der Waals surface area (Å²) < 4.78 is 0. The van der Waals surface area contributed by atoms with Gasteiger partial charge in [-0.1, -0.05) is 39.0 Å². The molecule has 0 aliphatic carbocycles. The number of carbonyl (C=O) groups is 1. The molecule has 0 aliphatic heterocycles. The second-order valence-corrected chi connectivity index (χ2v) is 3.13. The van der Waals surface area contributed by atoms with E-state index in [4.69, 9.17) is 10.4 Å². The van der Waals surface area contributed by atoms with Crippen LogP contribution >= 0.6 is 0 Å². The summed E-state index contributed by atoms with van der Waals surface area (Å²) in [6.07, 6.45) is 4.45. The van der Waals surface area contributed by atoms with Gasteiger partial charge in [0.1, 0.15) is 0 Å². The molecule has 0 heterocycles. The van der Waals surface area contributed by atoms with Crippen molar-refractivity contribution in [3.63, 3.8) is 0 Å². The van der Waals surface area contributed by atoms with E-state index in [0.29, 0.717) is 6.42 Å². The molecule has 0 bridgehead atoms. The Balaban J connectivity index is 3.26. The lowest BCUT2D eigenvalue weighted by Crippen LogP contribution is -2.21. The SMILES string of the molecule is CCCCCCCC(O)C(=O)OO. The van der Waals surface area contributed by atoms with Gasteiger partial charge in [-0.15, -0.1) is 0 Å². The van der Waals surface area contributed by atoms with E-state index in [1.165, 1.54) is 12.8 Å². The zero-order chi connectivity index (χ0) is 10.1. The van der Waals surface area contributed by atoms with Gasteiger partial charge < -0.3 is 5.11 Å². The largest absolute Gasteiger partial charge is 0.381 e. The Morgan fingerprint density at radius 3 is 2.46 bits per heavy atom. The van der Waals surface area contributed by atoms with Crippen molar-refractivity contribution < 1.29 is 20.0 Å². The third-order valence-electron chi connectivity index (χ3n) is 1.94. The van der Waals surface area contributed by atoms with Crippen LogP contribution in [0.4, 0.5) is 0 Å². The Labute approximate surface area is 78.5 Å². The number of aliphatic hydroxyl groups is 1. The van der Waals surface area contributed by atoms with Crippen LogP contribution in [0, 0.1) is 0 Å². The summed E-state index contributed by atoms with van der Waals surface area (Å²) in [7, 11) is 0. The topological polar surface area (TPSA) is 66.8 Å². The first-order valence-electron chi connectivity index (χ1n) is 4.75. The van der Waals surface area contributed by atoms with Gasteiger partial charge in [0.05, 0.1) is 0 Å². The predicted octanol–water partition coefficient (Wildman–Crippen LogP) is 1.72. The smallest absolute Gasteiger partial charge is 0.370 e. The van der Waals surface area contributed by atoms with Crippen LogP contribution in [0.1, 0.15) is 45.4 Å². The molecule has 0 aliphatic rings. The standard InChI is InChI=1S/C9H18O4/c1-2-3-4-5-6-7-8(10)9(11)13-12/h8,10,12H,2-7H2,1H3. The molecule has 2 N–H and O–H groups in total. The molecule has 0 saturated carbocycles. The Morgan fingerprint density at radius 2 is 1.92 bits per heavy atom. The van der Waals surface area contributed by atoms with Crippen LogP contribution < -0.4 is 0 Å². The van der Waals surface area contributed by atoms with Gasteiger partial charge >= 0.3 is 5.97 Å². The fourth-order valence-corrected chi connectivity index (χ4v) is 1.12. The van der Waals surface area contributed by atoms with Crippen molar-refractivity contribution in [2.45, 2.75) is 51.6 Å². The van der Waals surface area contributed by atoms with E-state index >= 15 is 0 Å². The minimum Gasteiger partial charge on any atom is -0.381 e. The molecule has 4 nitrogen and oxygen atoms in total. The lowest BCUT2D eigenvalue weighted by molar-refractivity contribution is -0.242. The lowest BCUT2D eigenvalue weighted by Gasteiger charge is -2.05. The highest BCUT2D eigenvalue weighted by atomic mass is 17.1. The highest BCUT2D eigenvalue weighted by Gasteiger charge is 2.15. The van der Waals surface area contributed by atoms with Crippen molar-refractivity contribution in [1.82, 2.24) is 0 Å². The zero-order valence-electron chi connectivity index (χ0n) is 8.03. The monoisotopic (exact) mass is 190 g/mol. The number of aliphatic hydroxyl groups excluding tert-OH is 1. The van der Waals surface area contributed by atoms with Crippen LogP contribution in [-0.4, -0.2) is 22.4 Å². The molecule has 0 aromatic heterocycles. The fourth-order valence-electron chi connectivity index (χ4n) is 1.12. The Bertz CT molecular complexity index is 136. The summed E-state index contributed by atoms with van der Waals surface area (Å²) in [4.78, 5) is 13.9. The molecular weight excluding hydrogens is 172 g/mol. The minimum absolute atomic E-state index is 0.364. The van der Waals surface area contributed by atoms with E-state index < -0.39 is 12.1 Å². The molecule has 0 fully saturated rings. The maximum Gasteiger partial charge on any atom is 0.370 e. The van der Waals surface area contributed by atoms with Crippen LogP contribution in [0.15, 0.2) is 0 Å². The Kier molecular flexibility index (Phi) is 7.63. The van der Waals surface area contributed by atoms with E-state index in [-0.39, 0.29) is 0 Å². The van der Waals surface area contributed by atoms with Gasteiger partial charge in [0.15, 0.2) is 6.10 Å². The van der Waals surface area contributed by atoms with Gasteiger partial charge in [-0.3, -0.25) is 4.89 Å². The Morgan fingerprint density at radius 1 is 1.31 bits per heavy atom. The highest BCUT2D eigenvalue weighted by Crippen LogP contribution is 2.07. The van der Waals surface area contributed by atoms with E-state index in [1.54, 1.807) is 0 Å². The molecule has 4 heteroatoms. The summed E-state index contributed by atoms with van der Waals surface area (Å²) >= 11 is 0. The van der Waals surface area contributed by atoms with E-state index in [2.05, 4.69) is 11.8 Å². The lowest BCUT2D eigenvalue weighted by atomic mass is 10.1. The van der Waals surface area contributed by atoms with Crippen molar-refractivity contribution >= 4 is 5.97 Å². The molecule has 0 saturated heterocycles. The van der Waals surface area contributed by atoms with Crippen LogP contribution in [-0.2, 0) is 9.68 Å². The van der Waals surface area contributed by atoms with Crippen LogP contribution in [0.2, 0.25) is 0 Å². The molecule has 0 aromatic rings. The predicted molar refractivity (Wildman–Crippen MR) is 48.1 cm³/mol. The first kappa shape index (κ1) is 12.4. The van der Waals surface area contributed by atoms with Crippen LogP contribution in [0.5, 0.6) is 0 Å². The zero-order valence-corrected chi connectivity index (χ0v) is 8.03. The number of hydrogen-bond acceptors (Lipinski definition) is 4. The Hall–Kier alpha value is -0.610. The van der Waals surface area contributed by atoms with Crippen LogP contribution in [0.3, 0.4) is 0 Å². The van der Waals surface area contributed by atoms with Gasteiger partial charge in [0.25, 0.3) is 0 Å². The second-order valence-electron chi connectivity index (χ2n) is 3.13. The second kappa shape index (κ2) is 8.01. The molecule has 13 heavy (non-hydrogen) atoms. The molecule has 1 unspecified atom stereocenters. The molecule has 78 valence electrons. The summed E-state index contributed by atoms with van der Waals surface area (Å²) in [6.45, 7) is 2.12. The normalized spacial score (nSPS) is 12.5. The fraction of sp³-hybridized carbons (Fsp3) is 0.889. The average molecular weight is 190 g/mol. The molecule has 0 amide bonds. The molecular formula is C9H18O4. The minimum atomic E-state index is -1.17. The van der Waals surface area contributed by atoms with E-state index in [0.717, 1.165) is 19.3 Å². The van der Waals surface area contributed by atoms with Crippen molar-refractivity contribution in [3.05, 3.63) is 0 Å². The number of unbranched alkanes of at least 4 members (excludes halogenated alkanes) is 4. The number of carbonyl (C=O) groups excluding carboxylic acids is 1. The van der Waals surface area contributed by atoms with E-state index in [1.807, 2.05) is 0 Å². The maximum atomic E-state index is 10.5. The maximum absolute atomic E-state index is 10.5. The molecule has 0 aromatic carbocycles. The van der Waals surface area contributed by atoms with E-state index in [9.17, 15) is 4.79 Å². The number of hydrogen-bond donors (Lipinski definition) is 2. The molecule has 0 rings (SSSR count). The highest BCUT2D eigenvalue weighted by molar-refractivity contribution is 5.73. The van der Waals surface area contributed by atoms with Crippen molar-refractivity contribution in [2.75, 3.05) is 0 Å². The first-order chi connectivity index (χ1) is 6.22. The summed E-state index contributed by atoms with van der Waals surface area (Å²) in [6, 6.07) is 0. The molecule has 0 spiro atoms. The summed E-state index contributed by atoms with van der Waals surface area (Å²) in [5.41, 5.74) is 0. The van der Waals surface area contributed by atoms with Gasteiger partial charge in [-0.25, -0.2) is 4.79 Å². The quantitative estimate of drug-likeness (QED) is 0.364. The van der Waals surface area contributed by atoms with Crippen molar-refractivity contribution in [2.24, 2.45) is 0 Å². The van der Waals surface area contributed by atoms with Gasteiger partial charge in [0.2, 0.25) is 0 Å². The van der Waals surface area contributed by atoms with Crippen molar-refractivity contribution in [3.8, 4) is 0 Å². The number of rotatable bonds is 7. The summed E-state index contributed by atoms with van der Waals surface area (Å²) in [5.74, 6) is -0.963. The third-order valence-corrected chi connectivity index (χ3v) is 1.94. The third kappa shape index (κ3) is 6.54. The summed E-state index contributed by atoms with van der Waals surface area (Å²) in [5, 5.41) is 17.0. The van der Waals surface area contributed by atoms with Crippen LogP contribution in [0.25, 0.3) is 0 Å². The van der Waals surface area contributed by atoms with Gasteiger partial charge in [0, 0.05) is 0 Å².